The van der Waals surface area contributed by atoms with Gasteiger partial charge in [-0.1, -0.05) is 25.8 Å². The third kappa shape index (κ3) is 3.57. The summed E-state index contributed by atoms with van der Waals surface area (Å²) < 4.78 is 32.4. The predicted octanol–water partition coefficient (Wildman–Crippen LogP) is 4.77. The molecule has 4 heteroatoms. The molecule has 0 bridgehead atoms. The molecule has 21 heavy (non-hydrogen) atoms. The van der Waals surface area contributed by atoms with E-state index in [1.54, 1.807) is 12.3 Å². The quantitative estimate of drug-likeness (QED) is 0.715. The molecule has 2 rings (SSSR count). The molecule has 112 valence electrons. The maximum Gasteiger partial charge on any atom is 0.201 e. The van der Waals surface area contributed by atoms with Crippen molar-refractivity contribution in [2.75, 3.05) is 7.11 Å². The predicted molar refractivity (Wildman–Crippen MR) is 79.4 cm³/mol. The van der Waals surface area contributed by atoms with E-state index in [0.717, 1.165) is 18.4 Å². The van der Waals surface area contributed by atoms with Gasteiger partial charge in [0.25, 0.3) is 0 Å². The zero-order chi connectivity index (χ0) is 15.2. The van der Waals surface area contributed by atoms with Crippen LogP contribution in [-0.4, -0.2) is 12.1 Å². The van der Waals surface area contributed by atoms with E-state index < -0.39 is 11.6 Å². The van der Waals surface area contributed by atoms with Crippen molar-refractivity contribution in [1.29, 1.82) is 0 Å². The first-order valence-electron chi connectivity index (χ1n) is 7.14. The first-order chi connectivity index (χ1) is 10.2. The van der Waals surface area contributed by atoms with Crippen LogP contribution >= 0.6 is 0 Å². The van der Waals surface area contributed by atoms with Crippen molar-refractivity contribution in [2.24, 2.45) is 0 Å². The summed E-state index contributed by atoms with van der Waals surface area (Å²) in [5.41, 5.74) is 1.68. The highest BCUT2D eigenvalue weighted by atomic mass is 19.2. The third-order valence-corrected chi connectivity index (χ3v) is 3.44. The Bertz CT molecular complexity index is 596. The SMILES string of the molecule is CCCCCc1ccc(-c2ccc(OC)c(F)c2F)nc1. The van der Waals surface area contributed by atoms with Gasteiger partial charge in [-0.25, -0.2) is 4.39 Å². The molecule has 0 saturated carbocycles. The molecule has 1 heterocycles. The fourth-order valence-corrected chi connectivity index (χ4v) is 2.20. The van der Waals surface area contributed by atoms with Gasteiger partial charge in [0, 0.05) is 11.8 Å². The molecule has 2 nitrogen and oxygen atoms in total. The van der Waals surface area contributed by atoms with Crippen LogP contribution in [0.3, 0.4) is 0 Å². The van der Waals surface area contributed by atoms with Gasteiger partial charge in [0.2, 0.25) is 5.82 Å². The molecule has 0 amide bonds. The average molecular weight is 291 g/mol. The molecule has 0 fully saturated rings. The van der Waals surface area contributed by atoms with Gasteiger partial charge in [-0.3, -0.25) is 4.98 Å². The van der Waals surface area contributed by atoms with Crippen molar-refractivity contribution in [1.82, 2.24) is 4.98 Å². The first kappa shape index (κ1) is 15.4. The second kappa shape index (κ2) is 7.16. The van der Waals surface area contributed by atoms with Crippen molar-refractivity contribution in [3.8, 4) is 17.0 Å². The maximum absolute atomic E-state index is 14.0. The molecule has 0 saturated heterocycles. The highest BCUT2D eigenvalue weighted by Crippen LogP contribution is 2.28. The minimum absolute atomic E-state index is 0.104. The summed E-state index contributed by atoms with van der Waals surface area (Å²) in [6.45, 7) is 2.16. The van der Waals surface area contributed by atoms with Crippen LogP contribution in [0.1, 0.15) is 31.7 Å². The molecule has 0 unspecified atom stereocenters. The Labute approximate surface area is 123 Å². The normalized spacial score (nSPS) is 10.7. The van der Waals surface area contributed by atoms with Crippen LogP contribution in [0.4, 0.5) is 8.78 Å². The lowest BCUT2D eigenvalue weighted by molar-refractivity contribution is 0.372. The second-order valence-corrected chi connectivity index (χ2v) is 4.95. The summed E-state index contributed by atoms with van der Waals surface area (Å²) in [4.78, 5) is 4.24. The number of hydrogen-bond donors (Lipinski definition) is 0. The van der Waals surface area contributed by atoms with E-state index in [-0.39, 0.29) is 11.3 Å². The fraction of sp³-hybridized carbons (Fsp3) is 0.353. The Hall–Kier alpha value is -1.97. The summed E-state index contributed by atoms with van der Waals surface area (Å²) in [5, 5.41) is 0. The van der Waals surface area contributed by atoms with E-state index in [0.29, 0.717) is 5.69 Å². The zero-order valence-corrected chi connectivity index (χ0v) is 12.3. The van der Waals surface area contributed by atoms with Crippen LogP contribution in [0.5, 0.6) is 5.75 Å². The number of nitrogens with zero attached hydrogens (tertiary/aromatic N) is 1. The highest BCUT2D eigenvalue weighted by Gasteiger charge is 2.15. The topological polar surface area (TPSA) is 22.1 Å². The number of methoxy groups -OCH3 is 1. The summed E-state index contributed by atoms with van der Waals surface area (Å²) in [5.74, 6) is -2.02. The number of unbranched alkanes of at least 4 members (excludes halogenated alkanes) is 2. The molecule has 0 radical (unpaired) electrons. The number of hydrogen-bond acceptors (Lipinski definition) is 2. The second-order valence-electron chi connectivity index (χ2n) is 4.95. The van der Waals surface area contributed by atoms with E-state index in [9.17, 15) is 8.78 Å². The molecule has 0 aliphatic carbocycles. The number of pyridine rings is 1. The highest BCUT2D eigenvalue weighted by molar-refractivity contribution is 5.61. The molecular weight excluding hydrogens is 272 g/mol. The molecule has 0 spiro atoms. The fourth-order valence-electron chi connectivity index (χ4n) is 2.20. The lowest BCUT2D eigenvalue weighted by atomic mass is 10.1. The first-order valence-corrected chi connectivity index (χ1v) is 7.14. The van der Waals surface area contributed by atoms with Gasteiger partial charge < -0.3 is 4.74 Å². The van der Waals surface area contributed by atoms with Gasteiger partial charge in [0.15, 0.2) is 11.6 Å². The lowest BCUT2D eigenvalue weighted by Crippen LogP contribution is -1.96. The number of benzene rings is 1. The summed E-state index contributed by atoms with van der Waals surface area (Å²) in [6.07, 6.45) is 6.15. The Morgan fingerprint density at radius 1 is 1.05 bits per heavy atom. The van der Waals surface area contributed by atoms with Crippen molar-refractivity contribution >= 4 is 0 Å². The van der Waals surface area contributed by atoms with Crippen LogP contribution in [-0.2, 0) is 6.42 Å². The Morgan fingerprint density at radius 3 is 2.48 bits per heavy atom. The van der Waals surface area contributed by atoms with Crippen LogP contribution in [0.15, 0.2) is 30.5 Å². The zero-order valence-electron chi connectivity index (χ0n) is 12.3. The summed E-state index contributed by atoms with van der Waals surface area (Å²) in [6, 6.07) is 6.53. The van der Waals surface area contributed by atoms with Crippen molar-refractivity contribution in [3.05, 3.63) is 47.7 Å². The number of ether oxygens (including phenoxy) is 1. The van der Waals surface area contributed by atoms with Crippen LogP contribution < -0.4 is 4.74 Å². The number of aromatic nitrogens is 1. The van der Waals surface area contributed by atoms with Crippen LogP contribution in [0, 0.1) is 11.6 Å². The molecular formula is C17H19F2NO. The molecule has 2 aromatic rings. The average Bonchev–Trinajstić information content (AvgIpc) is 2.51. The lowest BCUT2D eigenvalue weighted by Gasteiger charge is -2.08. The smallest absolute Gasteiger partial charge is 0.201 e. The number of rotatable bonds is 6. The van der Waals surface area contributed by atoms with Gasteiger partial charge in [-0.15, -0.1) is 0 Å². The van der Waals surface area contributed by atoms with E-state index >= 15 is 0 Å². The Balaban J connectivity index is 2.21. The van der Waals surface area contributed by atoms with Gasteiger partial charge >= 0.3 is 0 Å². The van der Waals surface area contributed by atoms with E-state index in [1.807, 2.05) is 6.07 Å². The largest absolute Gasteiger partial charge is 0.494 e. The third-order valence-electron chi connectivity index (χ3n) is 3.44. The molecule has 0 aliphatic rings. The van der Waals surface area contributed by atoms with E-state index in [2.05, 4.69) is 11.9 Å². The molecule has 0 N–H and O–H groups in total. The number of halogens is 2. The van der Waals surface area contributed by atoms with Gasteiger partial charge in [0.1, 0.15) is 0 Å². The van der Waals surface area contributed by atoms with Crippen molar-refractivity contribution in [3.63, 3.8) is 0 Å². The monoisotopic (exact) mass is 291 g/mol. The van der Waals surface area contributed by atoms with Crippen molar-refractivity contribution in [2.45, 2.75) is 32.6 Å². The Morgan fingerprint density at radius 2 is 1.86 bits per heavy atom. The molecule has 1 aromatic carbocycles. The van der Waals surface area contributed by atoms with Gasteiger partial charge in [-0.05, 0) is 36.6 Å². The van der Waals surface area contributed by atoms with Gasteiger partial charge in [0.05, 0.1) is 12.8 Å². The van der Waals surface area contributed by atoms with E-state index in [1.165, 1.54) is 32.1 Å². The van der Waals surface area contributed by atoms with Gasteiger partial charge in [-0.2, -0.15) is 4.39 Å². The maximum atomic E-state index is 14.0. The minimum Gasteiger partial charge on any atom is -0.494 e. The van der Waals surface area contributed by atoms with E-state index in [4.69, 9.17) is 4.74 Å². The number of aryl methyl sites for hydroxylation is 1. The summed E-state index contributed by atoms with van der Waals surface area (Å²) >= 11 is 0. The molecule has 0 atom stereocenters. The standard InChI is InChI=1S/C17H19F2NO/c1-3-4-5-6-12-7-9-14(20-11-12)13-8-10-15(21-2)17(19)16(13)18/h7-11H,3-6H2,1-2H3. The minimum atomic E-state index is -0.983. The van der Waals surface area contributed by atoms with Crippen molar-refractivity contribution < 1.29 is 13.5 Å². The molecule has 1 aromatic heterocycles. The van der Waals surface area contributed by atoms with Crippen LogP contribution in [0.25, 0.3) is 11.3 Å². The molecule has 0 aliphatic heterocycles. The van der Waals surface area contributed by atoms with Crippen LogP contribution in [0.2, 0.25) is 0 Å². The Kier molecular flexibility index (Phi) is 5.26. The summed E-state index contributed by atoms with van der Waals surface area (Å²) in [7, 11) is 1.31.